The number of nitrogens with two attached hydrogens (primary N) is 1. The van der Waals surface area contributed by atoms with Crippen molar-refractivity contribution in [2.24, 2.45) is 5.92 Å². The predicted molar refractivity (Wildman–Crippen MR) is 68.1 cm³/mol. The summed E-state index contributed by atoms with van der Waals surface area (Å²) < 4.78 is 26.6. The summed E-state index contributed by atoms with van der Waals surface area (Å²) in [5, 5.41) is 8.62. The van der Waals surface area contributed by atoms with Crippen LogP contribution in [0.25, 0.3) is 0 Å². The molecule has 0 spiro atoms. The molecule has 1 aromatic rings. The van der Waals surface area contributed by atoms with E-state index in [1.807, 2.05) is 19.9 Å². The fourth-order valence-electron chi connectivity index (χ4n) is 1.77. The molecule has 1 rings (SSSR count). The molecule has 5 heteroatoms. The molecule has 0 aliphatic heterocycles. The Morgan fingerprint density at radius 2 is 2.06 bits per heavy atom. The maximum Gasteiger partial charge on any atom is 0.151 e. The van der Waals surface area contributed by atoms with Crippen LogP contribution >= 0.6 is 0 Å². The zero-order chi connectivity index (χ0) is 13.7. The molecule has 0 unspecified atom stereocenters. The molecule has 0 saturated carbocycles. The maximum atomic E-state index is 13.4. The van der Waals surface area contributed by atoms with Crippen molar-refractivity contribution in [2.75, 3.05) is 23.7 Å². The third-order valence-corrected chi connectivity index (χ3v) is 2.49. The van der Waals surface area contributed by atoms with E-state index in [2.05, 4.69) is 0 Å². The van der Waals surface area contributed by atoms with Crippen LogP contribution in [-0.2, 0) is 0 Å². The summed E-state index contributed by atoms with van der Waals surface area (Å²) in [5.41, 5.74) is 5.88. The molecule has 0 aliphatic rings. The van der Waals surface area contributed by atoms with Crippen molar-refractivity contribution >= 4 is 11.4 Å². The van der Waals surface area contributed by atoms with Crippen LogP contribution in [-0.4, -0.2) is 13.1 Å². The van der Waals surface area contributed by atoms with E-state index in [1.165, 1.54) is 6.07 Å². The zero-order valence-corrected chi connectivity index (χ0v) is 10.6. The Balaban J connectivity index is 3.07. The third kappa shape index (κ3) is 3.59. The quantitative estimate of drug-likeness (QED) is 0.821. The second-order valence-corrected chi connectivity index (χ2v) is 4.57. The maximum absolute atomic E-state index is 13.4. The molecule has 98 valence electrons. The second-order valence-electron chi connectivity index (χ2n) is 4.57. The van der Waals surface area contributed by atoms with Crippen LogP contribution in [0, 0.1) is 28.9 Å². The molecule has 0 amide bonds. The highest BCUT2D eigenvalue weighted by molar-refractivity contribution is 5.68. The Kier molecular flexibility index (Phi) is 4.90. The first-order valence-corrected chi connectivity index (χ1v) is 5.82. The standard InChI is InChI=1S/C13H17F2N3/c1-9(2)8-18(5-3-4-16)12-7-10(14)6-11(15)13(12)17/h6-7,9H,3,5,8,17H2,1-2H3. The van der Waals surface area contributed by atoms with Crippen LogP contribution in [0.4, 0.5) is 20.2 Å². The van der Waals surface area contributed by atoms with E-state index in [0.29, 0.717) is 24.7 Å². The average Bonchev–Trinajstić information content (AvgIpc) is 2.28. The Bertz CT molecular complexity index is 452. The molecule has 3 nitrogen and oxygen atoms in total. The first-order valence-electron chi connectivity index (χ1n) is 5.82. The lowest BCUT2D eigenvalue weighted by atomic mass is 10.1. The summed E-state index contributed by atoms with van der Waals surface area (Å²) in [7, 11) is 0. The molecule has 0 atom stereocenters. The topological polar surface area (TPSA) is 53.0 Å². The first-order chi connectivity index (χ1) is 8.45. The van der Waals surface area contributed by atoms with Crippen molar-refractivity contribution in [1.82, 2.24) is 0 Å². The predicted octanol–water partition coefficient (Wildman–Crippen LogP) is 2.92. The minimum atomic E-state index is -0.768. The van der Waals surface area contributed by atoms with Gasteiger partial charge in [-0.3, -0.25) is 0 Å². The molecule has 0 radical (unpaired) electrons. The number of nitriles is 1. The normalized spacial score (nSPS) is 10.4. The van der Waals surface area contributed by atoms with Crippen molar-refractivity contribution in [3.05, 3.63) is 23.8 Å². The van der Waals surface area contributed by atoms with Crippen LogP contribution in [0.15, 0.2) is 12.1 Å². The summed E-state index contributed by atoms with van der Waals surface area (Å²) in [5.74, 6) is -1.13. The van der Waals surface area contributed by atoms with Crippen molar-refractivity contribution in [2.45, 2.75) is 20.3 Å². The van der Waals surface area contributed by atoms with Gasteiger partial charge < -0.3 is 10.6 Å². The molecular weight excluding hydrogens is 236 g/mol. The highest BCUT2D eigenvalue weighted by Gasteiger charge is 2.15. The van der Waals surface area contributed by atoms with E-state index in [1.54, 1.807) is 4.90 Å². The highest BCUT2D eigenvalue weighted by atomic mass is 19.1. The highest BCUT2D eigenvalue weighted by Crippen LogP contribution is 2.28. The first kappa shape index (κ1) is 14.2. The van der Waals surface area contributed by atoms with Crippen molar-refractivity contribution < 1.29 is 8.78 Å². The molecule has 0 bridgehead atoms. The van der Waals surface area contributed by atoms with Gasteiger partial charge in [-0.05, 0) is 12.0 Å². The van der Waals surface area contributed by atoms with Gasteiger partial charge in [-0.2, -0.15) is 5.26 Å². The smallest absolute Gasteiger partial charge is 0.151 e. The molecule has 0 fully saturated rings. The lowest BCUT2D eigenvalue weighted by molar-refractivity contribution is 0.578. The number of anilines is 2. The van der Waals surface area contributed by atoms with Gasteiger partial charge in [0.15, 0.2) is 5.82 Å². The minimum absolute atomic E-state index is 0.0741. The summed E-state index contributed by atoms with van der Waals surface area (Å²) >= 11 is 0. The molecule has 1 aromatic carbocycles. The van der Waals surface area contributed by atoms with Gasteiger partial charge in [-0.1, -0.05) is 13.8 Å². The fraction of sp³-hybridized carbons (Fsp3) is 0.462. The van der Waals surface area contributed by atoms with Gasteiger partial charge >= 0.3 is 0 Å². The molecule has 0 saturated heterocycles. The van der Waals surface area contributed by atoms with Gasteiger partial charge in [-0.25, -0.2) is 8.78 Å². The van der Waals surface area contributed by atoms with Crippen LogP contribution in [0.3, 0.4) is 0 Å². The molecule has 2 N–H and O–H groups in total. The van der Waals surface area contributed by atoms with Crippen LogP contribution in [0.5, 0.6) is 0 Å². The van der Waals surface area contributed by atoms with Crippen LogP contribution in [0.2, 0.25) is 0 Å². The SMILES string of the molecule is CC(C)CN(CCC#N)c1cc(F)cc(F)c1N. The molecule has 0 heterocycles. The molecule has 0 aliphatic carbocycles. The molecular formula is C13H17F2N3. The molecule has 18 heavy (non-hydrogen) atoms. The number of nitrogen functional groups attached to an aromatic ring is 1. The van der Waals surface area contributed by atoms with E-state index in [-0.39, 0.29) is 12.1 Å². The Hall–Kier alpha value is -1.83. The summed E-state index contributed by atoms with van der Waals surface area (Å²) in [6.45, 7) is 4.98. The van der Waals surface area contributed by atoms with Crippen LogP contribution in [0.1, 0.15) is 20.3 Å². The van der Waals surface area contributed by atoms with Crippen molar-refractivity contribution in [3.63, 3.8) is 0 Å². The zero-order valence-electron chi connectivity index (χ0n) is 10.6. The Morgan fingerprint density at radius 3 is 2.61 bits per heavy atom. The van der Waals surface area contributed by atoms with Gasteiger partial charge in [0.2, 0.25) is 0 Å². The molecule has 0 aromatic heterocycles. The van der Waals surface area contributed by atoms with E-state index >= 15 is 0 Å². The number of rotatable bonds is 5. The Morgan fingerprint density at radius 1 is 1.39 bits per heavy atom. The third-order valence-electron chi connectivity index (χ3n) is 2.49. The number of hydrogen-bond donors (Lipinski definition) is 1. The number of halogens is 2. The number of hydrogen-bond acceptors (Lipinski definition) is 3. The van der Waals surface area contributed by atoms with E-state index in [9.17, 15) is 8.78 Å². The fourth-order valence-corrected chi connectivity index (χ4v) is 1.77. The van der Waals surface area contributed by atoms with Gasteiger partial charge in [0.25, 0.3) is 0 Å². The monoisotopic (exact) mass is 253 g/mol. The van der Waals surface area contributed by atoms with Gasteiger partial charge in [0.1, 0.15) is 5.82 Å². The van der Waals surface area contributed by atoms with Crippen LogP contribution < -0.4 is 10.6 Å². The second kappa shape index (κ2) is 6.20. The van der Waals surface area contributed by atoms with Gasteiger partial charge in [0, 0.05) is 19.2 Å². The van der Waals surface area contributed by atoms with Gasteiger partial charge in [0.05, 0.1) is 23.9 Å². The number of benzene rings is 1. The van der Waals surface area contributed by atoms with E-state index in [4.69, 9.17) is 11.0 Å². The lowest BCUT2D eigenvalue weighted by Crippen LogP contribution is -2.29. The van der Waals surface area contributed by atoms with Crippen molar-refractivity contribution in [1.29, 1.82) is 5.26 Å². The minimum Gasteiger partial charge on any atom is -0.395 e. The van der Waals surface area contributed by atoms with E-state index < -0.39 is 11.6 Å². The average molecular weight is 253 g/mol. The largest absolute Gasteiger partial charge is 0.395 e. The summed E-state index contributed by atoms with van der Waals surface area (Å²) in [6, 6.07) is 3.99. The lowest BCUT2D eigenvalue weighted by Gasteiger charge is -2.27. The Labute approximate surface area is 106 Å². The summed E-state index contributed by atoms with van der Waals surface area (Å²) in [4.78, 5) is 1.75. The van der Waals surface area contributed by atoms with Gasteiger partial charge in [-0.15, -0.1) is 0 Å². The van der Waals surface area contributed by atoms with E-state index in [0.717, 1.165) is 6.07 Å². The van der Waals surface area contributed by atoms with Crippen molar-refractivity contribution in [3.8, 4) is 6.07 Å². The summed E-state index contributed by atoms with van der Waals surface area (Å²) in [6.07, 6.45) is 0.282. The number of nitrogens with zero attached hydrogens (tertiary/aromatic N) is 2.